The number of carbonyl (C=O) groups is 5. The molecule has 12 rings (SSSR count). The molecule has 0 bridgehead atoms. The van der Waals surface area contributed by atoms with Crippen LogP contribution in [0.4, 0.5) is 0 Å². The third-order valence-electron chi connectivity index (χ3n) is 27.0. The second-order valence-corrected chi connectivity index (χ2v) is 37.3. The molecule has 12 saturated heterocycles. The molecule has 60 atom stereocenters. The molecule has 0 aromatic heterocycles. The molecule has 0 aliphatic carbocycles. The van der Waals surface area contributed by atoms with Crippen molar-refractivity contribution >= 4 is 29.5 Å². The molecule has 37 N–H and O–H groups in total. The molecule has 0 radical (unpaired) electrons. The summed E-state index contributed by atoms with van der Waals surface area (Å²) >= 11 is 0. The molecule has 850 valence electrons. The third-order valence-corrected chi connectivity index (χ3v) is 27.0. The van der Waals surface area contributed by atoms with Crippen molar-refractivity contribution in [2.45, 2.75) is 410 Å². The summed E-state index contributed by atoms with van der Waals surface area (Å²) in [6.45, 7) is -7.34. The molecular formula is C82H137N5O60. The summed E-state index contributed by atoms with van der Waals surface area (Å²) in [5.41, 5.74) is 0. The van der Waals surface area contributed by atoms with Gasteiger partial charge in [0.1, 0.15) is 287 Å². The molecule has 0 saturated carbocycles. The van der Waals surface area contributed by atoms with Gasteiger partial charge in [0.15, 0.2) is 75.5 Å². The molecule has 0 spiro atoms. The highest BCUT2D eigenvalue weighted by molar-refractivity contribution is 5.75. The van der Waals surface area contributed by atoms with Crippen LogP contribution in [-0.2, 0) is 133 Å². The van der Waals surface area contributed by atoms with Gasteiger partial charge in [-0.3, -0.25) is 24.0 Å². The summed E-state index contributed by atoms with van der Waals surface area (Å²) in [5, 5.41) is 374. The summed E-state index contributed by atoms with van der Waals surface area (Å²) in [6, 6.07) is -10.2. The Balaban J connectivity index is 0.936. The predicted molar refractivity (Wildman–Crippen MR) is 452 cm³/mol. The van der Waals surface area contributed by atoms with Crippen LogP contribution in [0.15, 0.2) is 0 Å². The molecule has 0 aromatic rings. The van der Waals surface area contributed by atoms with Gasteiger partial charge in [-0.2, -0.15) is 0 Å². The van der Waals surface area contributed by atoms with Crippen LogP contribution < -0.4 is 26.6 Å². The van der Waals surface area contributed by atoms with Gasteiger partial charge in [0.25, 0.3) is 0 Å². The Bertz CT molecular complexity index is 4110. The molecule has 12 heterocycles. The number of carbonyl (C=O) groups excluding carboxylic acids is 5. The van der Waals surface area contributed by atoms with Crippen LogP contribution in [0.25, 0.3) is 0 Å². The maximum absolute atomic E-state index is 13.5. The number of rotatable bonds is 38. The van der Waals surface area contributed by atoms with Crippen molar-refractivity contribution in [3.8, 4) is 0 Å². The Labute approximate surface area is 832 Å². The van der Waals surface area contributed by atoms with Gasteiger partial charge in [-0.1, -0.05) is 0 Å². The van der Waals surface area contributed by atoms with Gasteiger partial charge in [-0.15, -0.1) is 0 Å². The Hall–Kier alpha value is -4.85. The fraction of sp³-hybridized carbons (Fsp3) is 0.939. The van der Waals surface area contributed by atoms with Gasteiger partial charge in [-0.05, 0) is 6.92 Å². The van der Waals surface area contributed by atoms with E-state index in [0.717, 1.165) is 34.6 Å². The lowest BCUT2D eigenvalue weighted by atomic mass is 9.93. The molecule has 65 heteroatoms. The van der Waals surface area contributed by atoms with E-state index in [1.54, 1.807) is 0 Å². The fourth-order valence-electron chi connectivity index (χ4n) is 19.2. The van der Waals surface area contributed by atoms with Gasteiger partial charge in [0, 0.05) is 34.6 Å². The highest BCUT2D eigenvalue weighted by Gasteiger charge is 2.64. The molecule has 12 fully saturated rings. The Morgan fingerprint density at radius 2 is 0.435 bits per heavy atom. The largest absolute Gasteiger partial charge is 0.394 e. The van der Waals surface area contributed by atoms with E-state index in [0.29, 0.717) is 0 Å². The van der Waals surface area contributed by atoms with E-state index in [4.69, 9.17) is 109 Å². The van der Waals surface area contributed by atoms with Gasteiger partial charge >= 0.3 is 0 Å². The van der Waals surface area contributed by atoms with Gasteiger partial charge in [0.2, 0.25) is 29.5 Å². The number of amides is 5. The van der Waals surface area contributed by atoms with Crippen molar-refractivity contribution in [1.82, 2.24) is 26.6 Å². The van der Waals surface area contributed by atoms with E-state index in [1.165, 1.54) is 6.92 Å². The first kappa shape index (κ1) is 121. The number of ether oxygens (including phenoxy) is 23. The second kappa shape index (κ2) is 52.8. The predicted octanol–water partition coefficient (Wildman–Crippen LogP) is -25.4. The molecule has 5 amide bonds. The first-order valence-corrected chi connectivity index (χ1v) is 47.0. The van der Waals surface area contributed by atoms with Crippen LogP contribution in [0.1, 0.15) is 41.5 Å². The lowest BCUT2D eigenvalue weighted by molar-refractivity contribution is -0.406. The highest BCUT2D eigenvalue weighted by Crippen LogP contribution is 2.43. The van der Waals surface area contributed by atoms with Crippen molar-refractivity contribution in [2.75, 3.05) is 72.7 Å². The minimum absolute atomic E-state index is 0.854. The topological polar surface area (TPSA) is 1010 Å². The number of hydrogen-bond acceptors (Lipinski definition) is 60. The fourth-order valence-corrected chi connectivity index (χ4v) is 19.2. The monoisotopic (exact) mass is 2150 g/mol. The van der Waals surface area contributed by atoms with Crippen molar-refractivity contribution in [1.29, 1.82) is 0 Å². The molecule has 12 aliphatic heterocycles. The Morgan fingerprint density at radius 1 is 0.190 bits per heavy atom. The maximum Gasteiger partial charge on any atom is 0.217 e. The van der Waals surface area contributed by atoms with Crippen LogP contribution in [0, 0.1) is 0 Å². The van der Waals surface area contributed by atoms with Crippen LogP contribution >= 0.6 is 0 Å². The number of hydrogen-bond donors (Lipinski definition) is 37. The quantitative estimate of drug-likeness (QED) is 0.0273. The zero-order valence-corrected chi connectivity index (χ0v) is 79.2. The molecule has 0 aromatic carbocycles. The minimum Gasteiger partial charge on any atom is -0.394 e. The van der Waals surface area contributed by atoms with Gasteiger partial charge in [-0.25, -0.2) is 0 Å². The van der Waals surface area contributed by atoms with E-state index < -0.39 is 470 Å². The Kier molecular flexibility index (Phi) is 43.4. The molecule has 1 unspecified atom stereocenters. The second-order valence-electron chi connectivity index (χ2n) is 37.3. The SMILES string of the molecule is CC(=O)N[C@@H]1[C@H](O[C@@H]2[C@@H](O[C@@H]3[C@H](O)[C@H](O[C@H]4[C@H](O)[C@@H](NC(C)=O)[C@H](O[C@H]5[C@H](O)[C@@H](NC(C)=O)C(O)O[C@@H]5CO[C@@H]5O[C@@H](C)[C@@H](O)[C@@H](O)[C@@H]5O)O[C@@H]4CO)O[C@H](CO[C@H]4O[C@H](CO)[C@@H](O)[C@H](O)[C@@H]4O[C@@H]4O[C@H](CO)[C@@H](O[C@@H]5O[C@H](CO)[C@H](O)[C@H](O)[C@H]5O)[C@H](O)[C@H]4NC(C)=O)[C@H]3O)O[C@H](CO)[C@@H](O[C@@H]3O[C@H](CO)[C@@H](O)[C@H](O[C@@H]4O[C@H](CO)[C@H](O)[C@H](O)[C@H]4O)[C@H]3NC(C)=O)[C@@H]2O)O[C@H](CO)[C@@H](O[C@@H]2O[C@H](CO)[C@H](O)[C@H](O)[C@H]2O)[C@@H]1O. The number of aliphatic hydroxyl groups is 32. The summed E-state index contributed by atoms with van der Waals surface area (Å²) in [4.78, 5) is 66.1. The van der Waals surface area contributed by atoms with Crippen molar-refractivity contribution in [3.05, 3.63) is 0 Å². The lowest BCUT2D eigenvalue weighted by Crippen LogP contribution is -2.72. The number of nitrogens with one attached hydrogen (secondary N) is 5. The van der Waals surface area contributed by atoms with Crippen molar-refractivity contribution < 1.29 is 296 Å². The van der Waals surface area contributed by atoms with Crippen molar-refractivity contribution in [3.63, 3.8) is 0 Å². The molecule has 147 heavy (non-hydrogen) atoms. The normalized spacial score (nSPS) is 49.6. The van der Waals surface area contributed by atoms with Gasteiger partial charge < -0.3 is 299 Å². The first-order valence-electron chi connectivity index (χ1n) is 47.0. The third kappa shape index (κ3) is 26.8. The lowest BCUT2D eigenvalue weighted by Gasteiger charge is -2.52. The molecule has 12 aliphatic rings. The highest BCUT2D eigenvalue weighted by atomic mass is 16.8. The zero-order chi connectivity index (χ0) is 108. The van der Waals surface area contributed by atoms with Crippen LogP contribution in [0.5, 0.6) is 0 Å². The van der Waals surface area contributed by atoms with E-state index in [9.17, 15) is 187 Å². The van der Waals surface area contributed by atoms with E-state index in [2.05, 4.69) is 26.6 Å². The molecule has 65 nitrogen and oxygen atoms in total. The number of aliphatic hydroxyl groups excluding tert-OH is 32. The van der Waals surface area contributed by atoms with E-state index in [-0.39, 0.29) is 0 Å². The zero-order valence-electron chi connectivity index (χ0n) is 79.2. The summed E-state index contributed by atoms with van der Waals surface area (Å²) in [6.07, 6.45) is -120. The molecular weight excluding hydrogens is 2010 g/mol. The average Bonchev–Trinajstić information content (AvgIpc) is 0.754. The minimum atomic E-state index is -2.81. The Morgan fingerprint density at radius 3 is 0.830 bits per heavy atom. The van der Waals surface area contributed by atoms with Crippen LogP contribution in [0.2, 0.25) is 0 Å². The van der Waals surface area contributed by atoms with Crippen LogP contribution in [0.3, 0.4) is 0 Å². The van der Waals surface area contributed by atoms with Crippen molar-refractivity contribution in [2.24, 2.45) is 0 Å². The summed E-state index contributed by atoms with van der Waals surface area (Å²) in [5.74, 6) is -5.08. The smallest absolute Gasteiger partial charge is 0.217 e. The summed E-state index contributed by atoms with van der Waals surface area (Å²) in [7, 11) is 0. The summed E-state index contributed by atoms with van der Waals surface area (Å²) < 4.78 is 139. The van der Waals surface area contributed by atoms with Crippen LogP contribution in [-0.4, -0.2) is 634 Å². The van der Waals surface area contributed by atoms with E-state index in [1.807, 2.05) is 0 Å². The average molecular weight is 2150 g/mol. The van der Waals surface area contributed by atoms with E-state index >= 15 is 0 Å². The standard InChI is InChI=1S/C82H137N5O60/c1-18-40(102)51(113)56(118)76(127-18)125-17-34-66(47(109)35(71(124)128-34)83-19(2)97)140-72-36(84-20(3)98)48(110)64(31(14-95)134-72)143-80-61(123)68(46(108)33(138-80)16-126-81-69(55(117)44(106)27(10-91)133-81)146-73-37(85-21(4)99)49(111)62(29(12-93)135-73)141-77-57(119)52(114)41(103)24(7-88)130-77)145-82-70(147-74-38(86-22(5)100)50(112)63(30(13-94)136-74)142-78-58(120)53(115)42(104)25(8-89)131-78)60(122)65(32(15-96)137-82)139-75-39(87-23(6)101)67(45(107)28(11-92)129-75)144-79-59(121)54(116)43(105)26(9-90)132-79/h18,24-82,88-96,102-124H,7-17H2,1-6H3,(H,83,97)(H,84,98)(H,85,99)(H,86,100)(H,87,101)/t18-,24+,25+,26+,27+,28+,29+,30+,31+,32+,33+,34+,35+,36+,37+,38-,39+,40+,41-,42-,43-,44+,45+,46+,47+,48+,49+,50+,51+,52-,53-,54-,55-,56-,57+,58+,59+,60-,61-,62+,63+,64+,65+,66+,67+,68-,69-,70-,71?,72-,73-,74-,75-,76+,77-,78-,79-,80-,81-,82+/m0/s1. The first-order chi connectivity index (χ1) is 69.5. The maximum atomic E-state index is 13.5. The van der Waals surface area contributed by atoms with Gasteiger partial charge in [0.05, 0.1) is 78.8 Å².